The molecule has 6 nitrogen and oxygen atoms in total. The van der Waals surface area contributed by atoms with Gasteiger partial charge < -0.3 is 19.4 Å². The van der Waals surface area contributed by atoms with Crippen molar-refractivity contribution < 1.29 is 14.3 Å². The molecule has 0 radical (unpaired) electrons. The molecular weight excluding hydrogens is 362 g/mol. The molecule has 0 bridgehead atoms. The lowest BCUT2D eigenvalue weighted by Crippen LogP contribution is -2.15. The normalized spacial score (nSPS) is 10.5. The van der Waals surface area contributed by atoms with Crippen LogP contribution in [0.1, 0.15) is 0 Å². The summed E-state index contributed by atoms with van der Waals surface area (Å²) in [4.78, 5) is 16.8. The molecule has 2 aromatic carbocycles. The monoisotopic (exact) mass is 383 g/mol. The first-order valence-corrected chi connectivity index (χ1v) is 9.32. The van der Waals surface area contributed by atoms with E-state index in [1.807, 2.05) is 48.1 Å². The molecule has 1 heterocycles. The van der Waals surface area contributed by atoms with Gasteiger partial charge in [0.25, 0.3) is 0 Å². The summed E-state index contributed by atoms with van der Waals surface area (Å²) >= 11 is 1.39. The van der Waals surface area contributed by atoms with Gasteiger partial charge in [-0.3, -0.25) is 4.79 Å². The number of methoxy groups -OCH3 is 2. The van der Waals surface area contributed by atoms with Crippen LogP contribution in [0, 0.1) is 0 Å². The van der Waals surface area contributed by atoms with Crippen LogP contribution in [0.5, 0.6) is 11.5 Å². The lowest BCUT2D eigenvalue weighted by molar-refractivity contribution is -0.113. The van der Waals surface area contributed by atoms with Crippen LogP contribution in [-0.4, -0.2) is 35.4 Å². The number of thioether (sulfide) groups is 1. The summed E-state index contributed by atoms with van der Waals surface area (Å²) in [6.07, 6.45) is 1.82. The molecule has 3 aromatic rings. The Labute approximate surface area is 162 Å². The van der Waals surface area contributed by atoms with Gasteiger partial charge in [-0.15, -0.1) is 0 Å². The van der Waals surface area contributed by atoms with Crippen molar-refractivity contribution in [2.45, 2.75) is 5.16 Å². The first-order valence-electron chi connectivity index (χ1n) is 8.34. The van der Waals surface area contributed by atoms with Gasteiger partial charge in [0.05, 0.1) is 37.6 Å². The highest BCUT2D eigenvalue weighted by Gasteiger charge is 2.13. The molecule has 0 aliphatic heterocycles. The van der Waals surface area contributed by atoms with Crippen LogP contribution in [0.15, 0.2) is 59.9 Å². The summed E-state index contributed by atoms with van der Waals surface area (Å²) in [5.41, 5.74) is 2.70. The Morgan fingerprint density at radius 2 is 1.93 bits per heavy atom. The minimum absolute atomic E-state index is 0.132. The summed E-state index contributed by atoms with van der Waals surface area (Å²) in [5, 5.41) is 3.65. The van der Waals surface area contributed by atoms with Gasteiger partial charge in [0.1, 0.15) is 11.5 Å². The lowest BCUT2D eigenvalue weighted by atomic mass is 10.2. The van der Waals surface area contributed by atoms with E-state index in [-0.39, 0.29) is 11.7 Å². The molecule has 0 aliphatic carbocycles. The van der Waals surface area contributed by atoms with Crippen LogP contribution >= 0.6 is 11.8 Å². The van der Waals surface area contributed by atoms with Gasteiger partial charge in [-0.05, 0) is 17.7 Å². The number of anilines is 1. The van der Waals surface area contributed by atoms with Gasteiger partial charge >= 0.3 is 0 Å². The molecule has 0 aliphatic rings. The van der Waals surface area contributed by atoms with E-state index >= 15 is 0 Å². The number of nitrogens with zero attached hydrogens (tertiary/aromatic N) is 2. The fourth-order valence-corrected chi connectivity index (χ4v) is 3.37. The molecule has 1 amide bonds. The molecule has 0 saturated carbocycles. The number of ether oxygens (including phenoxy) is 2. The summed E-state index contributed by atoms with van der Waals surface area (Å²) in [6, 6.07) is 15.3. The van der Waals surface area contributed by atoms with Crippen molar-refractivity contribution in [1.29, 1.82) is 0 Å². The molecule has 1 aromatic heterocycles. The van der Waals surface area contributed by atoms with Crippen LogP contribution < -0.4 is 14.8 Å². The van der Waals surface area contributed by atoms with E-state index < -0.39 is 0 Å². The Morgan fingerprint density at radius 1 is 1.15 bits per heavy atom. The SMILES string of the molecule is COc1ccc(NC(=O)CSc2ncc(-c3ccccc3)n2C)c(OC)c1. The van der Waals surface area contributed by atoms with Crippen LogP contribution in [0.25, 0.3) is 11.3 Å². The predicted molar refractivity (Wildman–Crippen MR) is 108 cm³/mol. The predicted octanol–water partition coefficient (Wildman–Crippen LogP) is 3.84. The Morgan fingerprint density at radius 3 is 2.63 bits per heavy atom. The second kappa shape index (κ2) is 8.64. The highest BCUT2D eigenvalue weighted by atomic mass is 32.2. The van der Waals surface area contributed by atoms with Crippen LogP contribution in [-0.2, 0) is 11.8 Å². The first-order chi connectivity index (χ1) is 13.1. The summed E-state index contributed by atoms with van der Waals surface area (Å²) in [5.74, 6) is 1.33. The minimum atomic E-state index is -0.132. The van der Waals surface area contributed by atoms with Gasteiger partial charge in [-0.1, -0.05) is 42.1 Å². The van der Waals surface area contributed by atoms with Crippen molar-refractivity contribution in [3.05, 3.63) is 54.7 Å². The molecule has 1 N–H and O–H groups in total. The second-order valence-electron chi connectivity index (χ2n) is 5.75. The number of amides is 1. The number of nitrogens with one attached hydrogen (secondary N) is 1. The smallest absolute Gasteiger partial charge is 0.234 e. The highest BCUT2D eigenvalue weighted by molar-refractivity contribution is 7.99. The Balaban J connectivity index is 1.64. The molecule has 0 fully saturated rings. The number of carbonyl (C=O) groups is 1. The van der Waals surface area contributed by atoms with Crippen LogP contribution in [0.2, 0.25) is 0 Å². The Kier molecular flexibility index (Phi) is 6.03. The maximum atomic E-state index is 12.3. The van der Waals surface area contributed by atoms with Gasteiger partial charge in [0.15, 0.2) is 5.16 Å². The molecule has 0 spiro atoms. The Hall–Kier alpha value is -2.93. The Bertz CT molecular complexity index is 925. The van der Waals surface area contributed by atoms with E-state index in [2.05, 4.69) is 10.3 Å². The topological polar surface area (TPSA) is 65.4 Å². The third kappa shape index (κ3) is 4.43. The van der Waals surface area contributed by atoms with Crippen molar-refractivity contribution in [1.82, 2.24) is 9.55 Å². The quantitative estimate of drug-likeness (QED) is 0.628. The fourth-order valence-electron chi connectivity index (χ4n) is 2.62. The van der Waals surface area contributed by atoms with E-state index in [1.54, 1.807) is 32.4 Å². The summed E-state index contributed by atoms with van der Waals surface area (Å²) < 4.78 is 12.5. The number of benzene rings is 2. The van der Waals surface area contributed by atoms with Crippen molar-refractivity contribution in [2.75, 3.05) is 25.3 Å². The molecule has 140 valence electrons. The number of hydrogen-bond acceptors (Lipinski definition) is 5. The summed E-state index contributed by atoms with van der Waals surface area (Å²) in [6.45, 7) is 0. The van der Waals surface area contributed by atoms with E-state index in [1.165, 1.54) is 11.8 Å². The van der Waals surface area contributed by atoms with Gasteiger partial charge in [0, 0.05) is 13.1 Å². The molecule has 27 heavy (non-hydrogen) atoms. The fraction of sp³-hybridized carbons (Fsp3) is 0.200. The largest absolute Gasteiger partial charge is 0.497 e. The minimum Gasteiger partial charge on any atom is -0.497 e. The first kappa shape index (κ1) is 18.8. The maximum absolute atomic E-state index is 12.3. The van der Waals surface area contributed by atoms with E-state index in [0.29, 0.717) is 17.2 Å². The zero-order valence-corrected chi connectivity index (χ0v) is 16.2. The third-order valence-corrected chi connectivity index (χ3v) is 5.07. The second-order valence-corrected chi connectivity index (χ2v) is 6.70. The van der Waals surface area contributed by atoms with Gasteiger partial charge in [0.2, 0.25) is 5.91 Å². The standard InChI is InChI=1S/C20H21N3O3S/c1-23-17(14-7-5-4-6-8-14)12-21-20(23)27-13-19(24)22-16-10-9-15(25-2)11-18(16)26-3/h4-12H,13H2,1-3H3,(H,22,24). The van der Waals surface area contributed by atoms with E-state index in [4.69, 9.17) is 9.47 Å². The summed E-state index contributed by atoms with van der Waals surface area (Å²) in [7, 11) is 5.08. The van der Waals surface area contributed by atoms with Crippen molar-refractivity contribution in [2.24, 2.45) is 7.05 Å². The zero-order valence-electron chi connectivity index (χ0n) is 15.4. The van der Waals surface area contributed by atoms with Gasteiger partial charge in [-0.2, -0.15) is 0 Å². The number of rotatable bonds is 7. The molecule has 3 rings (SSSR count). The average molecular weight is 383 g/mol. The lowest BCUT2D eigenvalue weighted by Gasteiger charge is -2.11. The number of hydrogen-bond donors (Lipinski definition) is 1. The molecule has 0 saturated heterocycles. The third-order valence-electron chi connectivity index (χ3n) is 4.03. The van der Waals surface area contributed by atoms with E-state index in [0.717, 1.165) is 16.4 Å². The average Bonchev–Trinajstić information content (AvgIpc) is 3.07. The molecule has 0 unspecified atom stereocenters. The van der Waals surface area contributed by atoms with Crippen molar-refractivity contribution in [3.8, 4) is 22.8 Å². The molecular formula is C20H21N3O3S. The zero-order chi connectivity index (χ0) is 19.2. The molecule has 7 heteroatoms. The van der Waals surface area contributed by atoms with Crippen molar-refractivity contribution >= 4 is 23.4 Å². The maximum Gasteiger partial charge on any atom is 0.234 e. The van der Waals surface area contributed by atoms with E-state index in [9.17, 15) is 4.79 Å². The van der Waals surface area contributed by atoms with Crippen LogP contribution in [0.3, 0.4) is 0 Å². The highest BCUT2D eigenvalue weighted by Crippen LogP contribution is 2.29. The van der Waals surface area contributed by atoms with Crippen molar-refractivity contribution in [3.63, 3.8) is 0 Å². The number of imidazole rings is 1. The number of carbonyl (C=O) groups excluding carboxylic acids is 1. The molecule has 0 atom stereocenters. The van der Waals surface area contributed by atoms with Gasteiger partial charge in [-0.25, -0.2) is 4.98 Å². The number of aromatic nitrogens is 2. The van der Waals surface area contributed by atoms with Crippen LogP contribution in [0.4, 0.5) is 5.69 Å².